The molecule has 0 aliphatic rings. The van der Waals surface area contributed by atoms with Gasteiger partial charge in [0.25, 0.3) is 0 Å². The molecule has 3 aromatic rings. The molecule has 2 heteroatoms. The van der Waals surface area contributed by atoms with E-state index in [2.05, 4.69) is 79.4 Å². The van der Waals surface area contributed by atoms with Gasteiger partial charge in [0.05, 0.1) is 11.9 Å². The molecule has 0 aliphatic carbocycles. The first-order valence-corrected chi connectivity index (χ1v) is 9.94. The van der Waals surface area contributed by atoms with E-state index in [4.69, 9.17) is 0 Å². The molecule has 3 aromatic carbocycles. The predicted octanol–water partition coefficient (Wildman–Crippen LogP) is 3.88. The van der Waals surface area contributed by atoms with Crippen molar-refractivity contribution in [2.75, 3.05) is 6.61 Å². The summed E-state index contributed by atoms with van der Waals surface area (Å²) >= 11 is 0. The van der Waals surface area contributed by atoms with Gasteiger partial charge in [-0.1, -0.05) is 61.2 Å². The molecule has 1 nitrogen and oxygen atoms in total. The van der Waals surface area contributed by atoms with E-state index in [1.54, 1.807) is 0 Å². The van der Waals surface area contributed by atoms with E-state index in [-0.39, 0.29) is 6.61 Å². The third-order valence-electron chi connectivity index (χ3n) is 4.31. The summed E-state index contributed by atoms with van der Waals surface area (Å²) in [5, 5.41) is 14.5. The molecular formula is C22H22OP+. The molecule has 0 amide bonds. The molecule has 0 saturated carbocycles. The van der Waals surface area contributed by atoms with Gasteiger partial charge >= 0.3 is 0 Å². The average molecular weight is 333 g/mol. The smallest absolute Gasteiger partial charge is 0.139 e. The van der Waals surface area contributed by atoms with Crippen molar-refractivity contribution < 1.29 is 5.11 Å². The zero-order chi connectivity index (χ0) is 16.8. The molecule has 1 N–H and O–H groups in total. The fourth-order valence-corrected chi connectivity index (χ4v) is 7.53. The van der Waals surface area contributed by atoms with Crippen molar-refractivity contribution in [1.29, 1.82) is 0 Å². The Kier molecular flexibility index (Phi) is 5.25. The van der Waals surface area contributed by atoms with Crippen LogP contribution in [-0.4, -0.2) is 11.7 Å². The second-order valence-electron chi connectivity index (χ2n) is 5.72. The Morgan fingerprint density at radius 1 is 0.667 bits per heavy atom. The van der Waals surface area contributed by atoms with Crippen LogP contribution in [0.1, 0.15) is 6.42 Å². The Morgan fingerprint density at radius 3 is 1.29 bits per heavy atom. The number of aliphatic hydroxyl groups is 1. The van der Waals surface area contributed by atoms with Crippen LogP contribution in [0.2, 0.25) is 0 Å². The normalized spacial score (nSPS) is 11.2. The maximum atomic E-state index is 9.60. The molecule has 0 radical (unpaired) electrons. The van der Waals surface area contributed by atoms with E-state index < -0.39 is 7.26 Å². The standard InChI is InChI=1S/C22H22OP/c1-19(17-18-23)24(20-11-5-2-6-12-20,21-13-7-3-8-14-21)22-15-9-4-10-16-22/h2-16,23H,1,17-18H2/q+1. The Labute approximate surface area is 144 Å². The van der Waals surface area contributed by atoms with Crippen molar-refractivity contribution in [2.24, 2.45) is 0 Å². The Hall–Kier alpha value is -2.21. The minimum Gasteiger partial charge on any atom is -0.396 e. The first kappa shape index (κ1) is 16.6. The van der Waals surface area contributed by atoms with Gasteiger partial charge < -0.3 is 5.11 Å². The first-order valence-electron chi connectivity index (χ1n) is 8.15. The number of aliphatic hydroxyl groups excluding tert-OH is 1. The fourth-order valence-electron chi connectivity index (χ4n) is 3.25. The van der Waals surface area contributed by atoms with Gasteiger partial charge in [0.15, 0.2) is 0 Å². The van der Waals surface area contributed by atoms with Crippen molar-refractivity contribution in [1.82, 2.24) is 0 Å². The summed E-state index contributed by atoms with van der Waals surface area (Å²) in [5.41, 5.74) is 0. The molecule has 0 aliphatic heterocycles. The Balaban J connectivity index is 2.35. The molecule has 0 saturated heterocycles. The van der Waals surface area contributed by atoms with E-state index in [0.717, 1.165) is 5.31 Å². The molecule has 0 aromatic heterocycles. The highest BCUT2D eigenvalue weighted by Crippen LogP contribution is 2.62. The van der Waals surface area contributed by atoms with Gasteiger partial charge in [0.2, 0.25) is 0 Å². The van der Waals surface area contributed by atoms with Crippen molar-refractivity contribution >= 4 is 23.2 Å². The van der Waals surface area contributed by atoms with Crippen LogP contribution in [0.25, 0.3) is 0 Å². The average Bonchev–Trinajstić information content (AvgIpc) is 2.65. The molecule has 0 atom stereocenters. The molecule has 120 valence electrons. The van der Waals surface area contributed by atoms with Crippen LogP contribution in [0, 0.1) is 0 Å². The lowest BCUT2D eigenvalue weighted by Gasteiger charge is -2.28. The fraction of sp³-hybridized carbons (Fsp3) is 0.0909. The van der Waals surface area contributed by atoms with Crippen LogP contribution in [0.4, 0.5) is 0 Å². The zero-order valence-corrected chi connectivity index (χ0v) is 14.6. The highest BCUT2D eigenvalue weighted by atomic mass is 31.2. The summed E-state index contributed by atoms with van der Waals surface area (Å²) in [7, 11) is -2.02. The SMILES string of the molecule is C=C(CCO)[P+](c1ccccc1)(c1ccccc1)c1ccccc1. The largest absolute Gasteiger partial charge is 0.396 e. The van der Waals surface area contributed by atoms with Crippen LogP contribution in [0.15, 0.2) is 103 Å². The molecule has 0 fully saturated rings. The van der Waals surface area contributed by atoms with Crippen molar-refractivity contribution in [2.45, 2.75) is 6.42 Å². The summed E-state index contributed by atoms with van der Waals surface area (Å²) in [5.74, 6) is 0. The summed E-state index contributed by atoms with van der Waals surface area (Å²) in [4.78, 5) is 0. The van der Waals surface area contributed by atoms with Gasteiger partial charge in [-0.25, -0.2) is 0 Å². The molecule has 24 heavy (non-hydrogen) atoms. The molecule has 0 spiro atoms. The third-order valence-corrected chi connectivity index (χ3v) is 8.70. The van der Waals surface area contributed by atoms with Crippen LogP contribution < -0.4 is 15.9 Å². The van der Waals surface area contributed by atoms with E-state index in [1.807, 2.05) is 18.2 Å². The highest BCUT2D eigenvalue weighted by molar-refractivity contribution is 7.99. The second kappa shape index (κ2) is 7.57. The summed E-state index contributed by atoms with van der Waals surface area (Å²) in [6.07, 6.45) is 0.604. The second-order valence-corrected chi connectivity index (χ2v) is 9.24. The molecule has 0 bridgehead atoms. The first-order chi connectivity index (χ1) is 11.8. The van der Waals surface area contributed by atoms with Crippen LogP contribution in [0.5, 0.6) is 0 Å². The monoisotopic (exact) mass is 333 g/mol. The molecule has 0 unspecified atom stereocenters. The molecular weight excluding hydrogens is 311 g/mol. The maximum Gasteiger partial charge on any atom is 0.139 e. The Morgan fingerprint density at radius 2 is 1.00 bits per heavy atom. The lowest BCUT2D eigenvalue weighted by atomic mass is 10.3. The lowest BCUT2D eigenvalue weighted by molar-refractivity contribution is 0.301. The topological polar surface area (TPSA) is 20.2 Å². The number of hydrogen-bond donors (Lipinski definition) is 1. The van der Waals surface area contributed by atoms with Crippen LogP contribution in [-0.2, 0) is 0 Å². The van der Waals surface area contributed by atoms with Gasteiger partial charge in [0.1, 0.15) is 23.2 Å². The summed E-state index contributed by atoms with van der Waals surface area (Å²) in [6.45, 7) is 4.55. The summed E-state index contributed by atoms with van der Waals surface area (Å²) < 4.78 is 0. The minimum absolute atomic E-state index is 0.118. The lowest BCUT2D eigenvalue weighted by Crippen LogP contribution is -2.32. The van der Waals surface area contributed by atoms with Gasteiger partial charge in [-0.3, -0.25) is 0 Å². The summed E-state index contributed by atoms with van der Waals surface area (Å²) in [6, 6.07) is 31.8. The quantitative estimate of drug-likeness (QED) is 0.679. The number of rotatable bonds is 6. The highest BCUT2D eigenvalue weighted by Gasteiger charge is 2.47. The van der Waals surface area contributed by atoms with Gasteiger partial charge in [-0.15, -0.1) is 0 Å². The third kappa shape index (κ3) is 2.94. The van der Waals surface area contributed by atoms with Crippen molar-refractivity contribution in [3.05, 3.63) is 103 Å². The van der Waals surface area contributed by atoms with Crippen LogP contribution in [0.3, 0.4) is 0 Å². The van der Waals surface area contributed by atoms with E-state index in [9.17, 15) is 5.11 Å². The zero-order valence-electron chi connectivity index (χ0n) is 13.7. The van der Waals surface area contributed by atoms with E-state index in [1.165, 1.54) is 15.9 Å². The van der Waals surface area contributed by atoms with Crippen molar-refractivity contribution in [3.63, 3.8) is 0 Å². The van der Waals surface area contributed by atoms with Gasteiger partial charge in [-0.05, 0) is 36.4 Å². The van der Waals surface area contributed by atoms with Crippen molar-refractivity contribution in [3.8, 4) is 0 Å². The van der Waals surface area contributed by atoms with E-state index in [0.29, 0.717) is 6.42 Å². The minimum atomic E-state index is -2.02. The number of benzene rings is 3. The Bertz CT molecular complexity index is 685. The number of hydrogen-bond acceptors (Lipinski definition) is 1. The molecule has 0 heterocycles. The predicted molar refractivity (Wildman–Crippen MR) is 106 cm³/mol. The molecule has 3 rings (SSSR count). The van der Waals surface area contributed by atoms with Gasteiger partial charge in [-0.2, -0.15) is 0 Å². The van der Waals surface area contributed by atoms with Crippen LogP contribution >= 0.6 is 7.26 Å². The van der Waals surface area contributed by atoms with Gasteiger partial charge in [0, 0.05) is 6.42 Å². The van der Waals surface area contributed by atoms with E-state index >= 15 is 0 Å². The maximum absolute atomic E-state index is 9.60.